The van der Waals surface area contributed by atoms with Gasteiger partial charge in [-0.1, -0.05) is 12.8 Å². The standard InChI is InChI=1S/C13H19FN2O2S/c14-11-3-5-12(6-4-11)19(17,18)16-10-13(9-15)7-1-2-8-13/h3-6,16H,1-2,7-10,15H2. The molecule has 0 bridgehead atoms. The van der Waals surface area contributed by atoms with Crippen LogP contribution in [0.15, 0.2) is 29.2 Å². The van der Waals surface area contributed by atoms with E-state index in [2.05, 4.69) is 4.72 Å². The van der Waals surface area contributed by atoms with Gasteiger partial charge in [0, 0.05) is 6.54 Å². The average Bonchev–Trinajstić information content (AvgIpc) is 2.87. The highest BCUT2D eigenvalue weighted by atomic mass is 32.2. The number of halogens is 1. The molecule has 106 valence electrons. The van der Waals surface area contributed by atoms with E-state index in [0.29, 0.717) is 13.1 Å². The van der Waals surface area contributed by atoms with Gasteiger partial charge in [-0.15, -0.1) is 0 Å². The van der Waals surface area contributed by atoms with Gasteiger partial charge in [-0.25, -0.2) is 17.5 Å². The Morgan fingerprint density at radius 1 is 1.21 bits per heavy atom. The summed E-state index contributed by atoms with van der Waals surface area (Å²) in [5, 5.41) is 0. The molecule has 6 heteroatoms. The Kier molecular flexibility index (Phi) is 4.23. The second-order valence-corrected chi connectivity index (χ2v) is 6.96. The van der Waals surface area contributed by atoms with Gasteiger partial charge in [0.2, 0.25) is 10.0 Å². The first-order valence-corrected chi connectivity index (χ1v) is 7.91. The van der Waals surface area contributed by atoms with E-state index in [1.165, 1.54) is 12.1 Å². The van der Waals surface area contributed by atoms with Gasteiger partial charge < -0.3 is 5.73 Å². The molecule has 1 aliphatic carbocycles. The molecule has 1 aromatic carbocycles. The minimum atomic E-state index is -3.58. The van der Waals surface area contributed by atoms with Crippen LogP contribution in [0.5, 0.6) is 0 Å². The molecular weight excluding hydrogens is 267 g/mol. The van der Waals surface area contributed by atoms with Crippen molar-refractivity contribution in [1.29, 1.82) is 0 Å². The highest BCUT2D eigenvalue weighted by Crippen LogP contribution is 2.36. The molecule has 0 spiro atoms. The fourth-order valence-corrected chi connectivity index (χ4v) is 3.68. The summed E-state index contributed by atoms with van der Waals surface area (Å²) in [4.78, 5) is 0.0825. The molecule has 0 amide bonds. The van der Waals surface area contributed by atoms with E-state index in [9.17, 15) is 12.8 Å². The van der Waals surface area contributed by atoms with Gasteiger partial charge in [-0.2, -0.15) is 0 Å². The number of rotatable bonds is 5. The average molecular weight is 286 g/mol. The number of hydrogen-bond acceptors (Lipinski definition) is 3. The molecule has 3 N–H and O–H groups in total. The Bertz CT molecular complexity index is 522. The molecule has 0 atom stereocenters. The summed E-state index contributed by atoms with van der Waals surface area (Å²) >= 11 is 0. The number of benzene rings is 1. The molecule has 4 nitrogen and oxygen atoms in total. The van der Waals surface area contributed by atoms with Crippen LogP contribution < -0.4 is 10.5 Å². The molecule has 2 rings (SSSR count). The van der Waals surface area contributed by atoms with Crippen LogP contribution in [-0.4, -0.2) is 21.5 Å². The monoisotopic (exact) mass is 286 g/mol. The normalized spacial score (nSPS) is 18.6. The minimum Gasteiger partial charge on any atom is -0.330 e. The summed E-state index contributed by atoms with van der Waals surface area (Å²) in [6.07, 6.45) is 4.09. The van der Waals surface area contributed by atoms with Crippen molar-refractivity contribution in [2.75, 3.05) is 13.1 Å². The van der Waals surface area contributed by atoms with Gasteiger partial charge in [-0.05, 0) is 49.1 Å². The third-order valence-electron chi connectivity index (χ3n) is 3.86. The fourth-order valence-electron chi connectivity index (χ4n) is 2.52. The SMILES string of the molecule is NCC1(CNS(=O)(=O)c2ccc(F)cc2)CCCC1. The highest BCUT2D eigenvalue weighted by molar-refractivity contribution is 7.89. The summed E-state index contributed by atoms with van der Waals surface area (Å²) in [6.45, 7) is 0.835. The van der Waals surface area contributed by atoms with Crippen LogP contribution in [0.4, 0.5) is 4.39 Å². The Morgan fingerprint density at radius 2 is 1.79 bits per heavy atom. The lowest BCUT2D eigenvalue weighted by Gasteiger charge is -2.27. The lowest BCUT2D eigenvalue weighted by atomic mass is 9.87. The van der Waals surface area contributed by atoms with Crippen LogP contribution in [0, 0.1) is 11.2 Å². The van der Waals surface area contributed by atoms with E-state index in [1.807, 2.05) is 0 Å². The maximum atomic E-state index is 12.8. The first kappa shape index (κ1) is 14.4. The van der Waals surface area contributed by atoms with Crippen molar-refractivity contribution in [1.82, 2.24) is 4.72 Å². The summed E-state index contributed by atoms with van der Waals surface area (Å²) in [7, 11) is -3.58. The quantitative estimate of drug-likeness (QED) is 0.864. The van der Waals surface area contributed by atoms with Crippen LogP contribution in [0.1, 0.15) is 25.7 Å². The zero-order chi connectivity index (χ0) is 13.9. The van der Waals surface area contributed by atoms with Crippen molar-refractivity contribution in [3.63, 3.8) is 0 Å². The molecule has 0 radical (unpaired) electrons. The number of nitrogens with one attached hydrogen (secondary N) is 1. The first-order chi connectivity index (χ1) is 8.97. The van der Waals surface area contributed by atoms with Gasteiger partial charge in [-0.3, -0.25) is 0 Å². The van der Waals surface area contributed by atoms with Crippen molar-refractivity contribution < 1.29 is 12.8 Å². The highest BCUT2D eigenvalue weighted by Gasteiger charge is 2.33. The largest absolute Gasteiger partial charge is 0.330 e. The van der Waals surface area contributed by atoms with Crippen LogP contribution in [0.3, 0.4) is 0 Å². The van der Waals surface area contributed by atoms with Crippen molar-refractivity contribution in [2.24, 2.45) is 11.1 Å². The third-order valence-corrected chi connectivity index (χ3v) is 5.28. The van der Waals surface area contributed by atoms with E-state index >= 15 is 0 Å². The molecule has 1 aliphatic rings. The molecule has 0 aromatic heterocycles. The molecule has 0 saturated heterocycles. The van der Waals surface area contributed by atoms with Crippen molar-refractivity contribution in [2.45, 2.75) is 30.6 Å². The van der Waals surface area contributed by atoms with Gasteiger partial charge in [0.15, 0.2) is 0 Å². The maximum absolute atomic E-state index is 12.8. The van der Waals surface area contributed by atoms with Crippen LogP contribution in [0.25, 0.3) is 0 Å². The molecule has 0 unspecified atom stereocenters. The fraction of sp³-hybridized carbons (Fsp3) is 0.538. The second kappa shape index (κ2) is 5.56. The van der Waals surface area contributed by atoms with Crippen molar-refractivity contribution in [3.8, 4) is 0 Å². The Hall–Kier alpha value is -0.980. The molecule has 0 aliphatic heterocycles. The zero-order valence-electron chi connectivity index (χ0n) is 10.7. The lowest BCUT2D eigenvalue weighted by Crippen LogP contribution is -2.40. The topological polar surface area (TPSA) is 72.2 Å². The summed E-state index contributed by atoms with van der Waals surface area (Å²) < 4.78 is 39.6. The van der Waals surface area contributed by atoms with Crippen LogP contribution in [-0.2, 0) is 10.0 Å². The molecular formula is C13H19FN2O2S. The molecule has 19 heavy (non-hydrogen) atoms. The van der Waals surface area contributed by atoms with Gasteiger partial charge >= 0.3 is 0 Å². The smallest absolute Gasteiger partial charge is 0.240 e. The summed E-state index contributed by atoms with van der Waals surface area (Å²) in [5.41, 5.74) is 5.65. The predicted octanol–water partition coefficient (Wildman–Crippen LogP) is 1.62. The second-order valence-electron chi connectivity index (χ2n) is 5.19. The Morgan fingerprint density at radius 3 is 2.32 bits per heavy atom. The molecule has 1 aromatic rings. The van der Waals surface area contributed by atoms with Crippen LogP contribution in [0.2, 0.25) is 0 Å². The van der Waals surface area contributed by atoms with E-state index in [-0.39, 0.29) is 10.3 Å². The third kappa shape index (κ3) is 3.32. The molecule has 0 heterocycles. The van der Waals surface area contributed by atoms with E-state index in [1.54, 1.807) is 0 Å². The van der Waals surface area contributed by atoms with Gasteiger partial charge in [0.25, 0.3) is 0 Å². The van der Waals surface area contributed by atoms with Crippen molar-refractivity contribution in [3.05, 3.63) is 30.1 Å². The molecule has 1 fully saturated rings. The lowest BCUT2D eigenvalue weighted by molar-refractivity contribution is 0.309. The van der Waals surface area contributed by atoms with Crippen molar-refractivity contribution >= 4 is 10.0 Å². The maximum Gasteiger partial charge on any atom is 0.240 e. The number of hydrogen-bond donors (Lipinski definition) is 2. The zero-order valence-corrected chi connectivity index (χ0v) is 11.5. The van der Waals surface area contributed by atoms with E-state index < -0.39 is 15.8 Å². The van der Waals surface area contributed by atoms with E-state index in [4.69, 9.17) is 5.73 Å². The number of nitrogens with two attached hydrogens (primary N) is 1. The Balaban J connectivity index is 2.07. The van der Waals surface area contributed by atoms with Gasteiger partial charge in [0.05, 0.1) is 4.90 Å². The first-order valence-electron chi connectivity index (χ1n) is 6.43. The summed E-state index contributed by atoms with van der Waals surface area (Å²) in [6, 6.07) is 4.81. The van der Waals surface area contributed by atoms with E-state index in [0.717, 1.165) is 37.8 Å². The number of sulfonamides is 1. The predicted molar refractivity (Wildman–Crippen MR) is 71.5 cm³/mol. The minimum absolute atomic E-state index is 0.0825. The van der Waals surface area contributed by atoms with Crippen LogP contribution >= 0.6 is 0 Å². The van der Waals surface area contributed by atoms with Gasteiger partial charge in [0.1, 0.15) is 5.82 Å². The Labute approximate surface area is 113 Å². The molecule has 1 saturated carbocycles. The summed E-state index contributed by atoms with van der Waals surface area (Å²) in [5.74, 6) is -0.451.